The monoisotopic (exact) mass is 620 g/mol. The summed E-state index contributed by atoms with van der Waals surface area (Å²) in [4.78, 5) is 17.6. The lowest BCUT2D eigenvalue weighted by atomic mass is 10.2. The molecule has 13 heteroatoms. The fourth-order valence-corrected chi connectivity index (χ4v) is 4.56. The molecule has 0 radical (unpaired) electrons. The quantitative estimate of drug-likeness (QED) is 0.0897. The van der Waals surface area contributed by atoms with E-state index in [2.05, 4.69) is 10.3 Å². The maximum absolute atomic E-state index is 10.4. The zero-order valence-electron chi connectivity index (χ0n) is 25.0. The second-order valence-electron chi connectivity index (χ2n) is 9.89. The number of rotatable bonds is 19. The number of nitrogens with zero attached hydrogens (tertiary/aromatic N) is 5. The molecule has 0 aliphatic heterocycles. The number of aliphatic hydroxyl groups excluding tert-OH is 4. The number of benzene rings is 3. The molecule has 240 valence electrons. The Balaban J connectivity index is 1.72. The first-order chi connectivity index (χ1) is 22.1. The molecule has 0 atom stereocenters. The van der Waals surface area contributed by atoms with Crippen LogP contribution in [0.2, 0.25) is 0 Å². The van der Waals surface area contributed by atoms with Crippen molar-refractivity contribution >= 4 is 17.8 Å². The third-order valence-corrected chi connectivity index (χ3v) is 6.71. The van der Waals surface area contributed by atoms with Gasteiger partial charge >= 0.3 is 0 Å². The molecule has 6 N–H and O–H groups in total. The molecule has 0 aliphatic carbocycles. The predicted molar refractivity (Wildman–Crippen MR) is 170 cm³/mol. The van der Waals surface area contributed by atoms with Crippen molar-refractivity contribution in [1.82, 2.24) is 15.0 Å². The Kier molecular flexibility index (Phi) is 13.0. The number of para-hydroxylation sites is 3. The van der Waals surface area contributed by atoms with Gasteiger partial charge in [0.15, 0.2) is 0 Å². The van der Waals surface area contributed by atoms with Crippen molar-refractivity contribution in [2.75, 3.05) is 67.8 Å². The van der Waals surface area contributed by atoms with Gasteiger partial charge < -0.3 is 50.1 Å². The molecular weight excluding hydrogens is 580 g/mol. The van der Waals surface area contributed by atoms with E-state index in [1.807, 2.05) is 48.5 Å². The first kappa shape index (κ1) is 33.2. The lowest BCUT2D eigenvalue weighted by Crippen LogP contribution is -2.32. The van der Waals surface area contributed by atoms with Gasteiger partial charge in [-0.1, -0.05) is 54.6 Å². The molecular formula is C32H40N6O7. The number of aliphatic hydroxyl groups is 4. The van der Waals surface area contributed by atoms with Crippen LogP contribution in [0.3, 0.4) is 0 Å². The summed E-state index contributed by atoms with van der Waals surface area (Å²) in [6.45, 7) is 0.810. The van der Waals surface area contributed by atoms with Crippen LogP contribution in [-0.2, 0) is 19.6 Å². The van der Waals surface area contributed by atoms with Crippen LogP contribution in [-0.4, -0.2) is 93.2 Å². The highest BCUT2D eigenvalue weighted by atomic mass is 16.5. The first-order valence-corrected chi connectivity index (χ1v) is 14.7. The third-order valence-electron chi connectivity index (χ3n) is 6.71. The molecule has 0 saturated heterocycles. The average Bonchev–Trinajstić information content (AvgIpc) is 3.06. The van der Waals surface area contributed by atoms with E-state index in [-0.39, 0.29) is 89.4 Å². The number of nitrogens with one attached hydrogen (secondary N) is 1. The van der Waals surface area contributed by atoms with Crippen molar-refractivity contribution in [1.29, 1.82) is 0 Å². The van der Waals surface area contributed by atoms with Crippen LogP contribution in [0.5, 0.6) is 17.2 Å². The summed E-state index contributed by atoms with van der Waals surface area (Å²) in [5.74, 6) is 2.05. The molecule has 0 saturated carbocycles. The molecule has 0 unspecified atom stereocenters. The van der Waals surface area contributed by atoms with Crippen molar-refractivity contribution in [3.05, 3.63) is 89.5 Å². The number of aromatic nitrogens is 3. The number of ether oxygens (including phenoxy) is 2. The Hall–Kier alpha value is -4.69. The summed E-state index contributed by atoms with van der Waals surface area (Å²) in [6, 6.07) is 21.7. The van der Waals surface area contributed by atoms with E-state index in [1.54, 1.807) is 34.1 Å². The van der Waals surface area contributed by atoms with Crippen molar-refractivity contribution < 1.29 is 35.0 Å². The number of aromatic hydroxyl groups is 1. The van der Waals surface area contributed by atoms with Crippen LogP contribution in [0, 0.1) is 0 Å². The van der Waals surface area contributed by atoms with E-state index < -0.39 is 0 Å². The minimum absolute atomic E-state index is 0.106. The van der Waals surface area contributed by atoms with Gasteiger partial charge in [0.25, 0.3) is 0 Å². The summed E-state index contributed by atoms with van der Waals surface area (Å²) >= 11 is 0. The van der Waals surface area contributed by atoms with Gasteiger partial charge in [-0.05, 0) is 18.2 Å². The maximum Gasteiger partial charge on any atom is 0.232 e. The summed E-state index contributed by atoms with van der Waals surface area (Å²) in [5.41, 5.74) is 2.24. The van der Waals surface area contributed by atoms with Crippen molar-refractivity contribution in [3.8, 4) is 17.2 Å². The number of anilines is 3. The molecule has 0 fully saturated rings. The van der Waals surface area contributed by atoms with Gasteiger partial charge in [-0.3, -0.25) is 0 Å². The number of phenolic OH excluding ortho intramolecular Hbond substituents is 1. The van der Waals surface area contributed by atoms with E-state index in [9.17, 15) is 25.5 Å². The second kappa shape index (κ2) is 17.6. The highest BCUT2D eigenvalue weighted by Gasteiger charge is 2.20. The Morgan fingerprint density at radius 1 is 0.578 bits per heavy atom. The maximum atomic E-state index is 10.4. The van der Waals surface area contributed by atoms with E-state index >= 15 is 0 Å². The Morgan fingerprint density at radius 3 is 1.62 bits per heavy atom. The van der Waals surface area contributed by atoms with Crippen molar-refractivity contribution in [2.45, 2.75) is 19.6 Å². The molecule has 4 aromatic rings. The minimum Gasteiger partial charge on any atom is -0.508 e. The summed E-state index contributed by atoms with van der Waals surface area (Å²) in [7, 11) is 0. The summed E-state index contributed by atoms with van der Waals surface area (Å²) in [6.07, 6.45) is 0. The number of hydrogen-bond donors (Lipinski definition) is 6. The van der Waals surface area contributed by atoms with Crippen LogP contribution in [0.15, 0.2) is 72.8 Å². The van der Waals surface area contributed by atoms with Gasteiger partial charge in [0.1, 0.15) is 30.5 Å². The second-order valence-corrected chi connectivity index (χ2v) is 9.89. The zero-order valence-corrected chi connectivity index (χ0v) is 25.0. The fourth-order valence-electron chi connectivity index (χ4n) is 4.56. The van der Waals surface area contributed by atoms with E-state index in [0.717, 1.165) is 11.1 Å². The molecule has 1 heterocycles. The first-order valence-electron chi connectivity index (χ1n) is 14.7. The molecule has 0 amide bonds. The molecule has 4 rings (SSSR count). The van der Waals surface area contributed by atoms with Gasteiger partial charge in [-0.25, -0.2) is 0 Å². The fraction of sp³-hybridized carbons (Fsp3) is 0.344. The normalized spacial score (nSPS) is 10.8. The van der Waals surface area contributed by atoms with E-state index in [0.29, 0.717) is 23.6 Å². The summed E-state index contributed by atoms with van der Waals surface area (Å²) < 4.78 is 11.4. The Labute approximate surface area is 262 Å². The van der Waals surface area contributed by atoms with Crippen molar-refractivity contribution in [2.24, 2.45) is 0 Å². The lowest BCUT2D eigenvalue weighted by molar-refractivity contribution is 0.200. The molecule has 3 aromatic carbocycles. The van der Waals surface area contributed by atoms with Gasteiger partial charge in [-0.2, -0.15) is 15.0 Å². The van der Waals surface area contributed by atoms with Crippen LogP contribution in [0.25, 0.3) is 0 Å². The highest BCUT2D eigenvalue weighted by molar-refractivity contribution is 5.49. The molecule has 13 nitrogen and oxygen atoms in total. The van der Waals surface area contributed by atoms with Crippen LogP contribution in [0.1, 0.15) is 16.7 Å². The molecule has 0 spiro atoms. The molecule has 0 bridgehead atoms. The largest absolute Gasteiger partial charge is 0.508 e. The van der Waals surface area contributed by atoms with Crippen LogP contribution < -0.4 is 24.6 Å². The minimum atomic E-state index is -0.192. The zero-order chi connectivity index (χ0) is 31.9. The average molecular weight is 621 g/mol. The van der Waals surface area contributed by atoms with E-state index in [1.165, 1.54) is 0 Å². The van der Waals surface area contributed by atoms with E-state index in [4.69, 9.17) is 19.4 Å². The molecule has 0 aliphatic rings. The van der Waals surface area contributed by atoms with Gasteiger partial charge in [-0.15, -0.1) is 0 Å². The standard InChI is InChI=1S/C32H40N6O7/c39-15-13-37(22-25-8-1-4-10-27(25)43)31-34-30(33-21-24-7-2-5-11-28(24)44-19-17-41)35-32(36-31)38(14-16-40)23-26-9-3-6-12-29(26)45-20-18-42/h1-12,39-43H,13-23H2,(H,33,34,35,36). The van der Waals surface area contributed by atoms with Gasteiger partial charge in [0, 0.05) is 49.4 Å². The molecule has 45 heavy (non-hydrogen) atoms. The topological polar surface area (TPSA) is 177 Å². The predicted octanol–water partition coefficient (Wildman–Crippen LogP) is 1.93. The SMILES string of the molecule is OCCOc1ccccc1CNc1nc(N(CCO)Cc2ccccc2O)nc(N(CCO)Cc2ccccc2OCCO)n1. The van der Waals surface area contributed by atoms with Gasteiger partial charge in [0.2, 0.25) is 17.8 Å². The van der Waals surface area contributed by atoms with Gasteiger partial charge in [0.05, 0.1) is 26.4 Å². The van der Waals surface area contributed by atoms with Crippen LogP contribution >= 0.6 is 0 Å². The van der Waals surface area contributed by atoms with Crippen LogP contribution in [0.4, 0.5) is 17.8 Å². The third kappa shape index (κ3) is 9.65. The Morgan fingerprint density at radius 2 is 1.07 bits per heavy atom. The lowest BCUT2D eigenvalue weighted by Gasteiger charge is -2.27. The smallest absolute Gasteiger partial charge is 0.232 e. The summed E-state index contributed by atoms with van der Waals surface area (Å²) in [5, 5.41) is 52.1. The Bertz CT molecular complexity index is 1480. The van der Waals surface area contributed by atoms with Crippen molar-refractivity contribution in [3.63, 3.8) is 0 Å². The highest BCUT2D eigenvalue weighted by Crippen LogP contribution is 2.26. The number of hydrogen-bond acceptors (Lipinski definition) is 13. The number of phenols is 1. The molecule has 1 aromatic heterocycles.